The Bertz CT molecular complexity index is 1280. The molecule has 11 heteroatoms. The first kappa shape index (κ1) is 22.7. The summed E-state index contributed by atoms with van der Waals surface area (Å²) < 4.78 is 38.9. The van der Waals surface area contributed by atoms with Gasteiger partial charge in [0.2, 0.25) is 5.95 Å². The van der Waals surface area contributed by atoms with E-state index in [1.165, 1.54) is 0 Å². The fraction of sp³-hybridized carbons (Fsp3) is 0.318. The Morgan fingerprint density at radius 2 is 2.00 bits per heavy atom. The number of benzene rings is 2. The zero-order valence-corrected chi connectivity index (χ0v) is 18.3. The van der Waals surface area contributed by atoms with Gasteiger partial charge in [0, 0.05) is 23.7 Å². The quantitative estimate of drug-likeness (QED) is 0.310. The summed E-state index contributed by atoms with van der Waals surface area (Å²) in [5.41, 5.74) is 4.63. The van der Waals surface area contributed by atoms with E-state index < -0.39 is 18.9 Å². The largest absolute Gasteiger partial charge is 0.401 e. The number of aryl methyl sites for hydroxylation is 3. The SMILES string of the molecule is CCc1c(Nc2nc(-c3ccc(C(O)NCC(F)(F)F)c(C)c3)nn2C)ccc2[nH]ncc12. The molecule has 1 unspecified atom stereocenters. The number of nitrogens with one attached hydrogen (secondary N) is 3. The number of rotatable bonds is 7. The zero-order chi connectivity index (χ0) is 23.8. The Kier molecular flexibility index (Phi) is 6.09. The van der Waals surface area contributed by atoms with E-state index >= 15 is 0 Å². The van der Waals surface area contributed by atoms with Crippen molar-refractivity contribution < 1.29 is 18.3 Å². The van der Waals surface area contributed by atoms with Crippen LogP contribution in [-0.4, -0.2) is 42.8 Å². The number of fused-ring (bicyclic) bond motifs is 1. The van der Waals surface area contributed by atoms with Gasteiger partial charge >= 0.3 is 6.18 Å². The zero-order valence-electron chi connectivity index (χ0n) is 18.3. The van der Waals surface area contributed by atoms with Crippen LogP contribution in [0.25, 0.3) is 22.3 Å². The number of nitrogens with zero attached hydrogens (tertiary/aromatic N) is 4. The summed E-state index contributed by atoms with van der Waals surface area (Å²) in [7, 11) is 1.77. The van der Waals surface area contributed by atoms with Gasteiger partial charge in [0.25, 0.3) is 0 Å². The normalized spacial score (nSPS) is 12.9. The first-order valence-corrected chi connectivity index (χ1v) is 10.4. The first-order chi connectivity index (χ1) is 15.7. The lowest BCUT2D eigenvalue weighted by atomic mass is 10.0. The van der Waals surface area contributed by atoms with Gasteiger partial charge in [-0.15, -0.1) is 5.10 Å². The maximum atomic E-state index is 12.4. The van der Waals surface area contributed by atoms with Crippen molar-refractivity contribution in [2.75, 3.05) is 11.9 Å². The summed E-state index contributed by atoms with van der Waals surface area (Å²) in [6.45, 7) is 2.50. The lowest BCUT2D eigenvalue weighted by Gasteiger charge is -2.17. The maximum absolute atomic E-state index is 12.4. The second-order valence-electron chi connectivity index (χ2n) is 7.75. The molecule has 0 spiro atoms. The highest BCUT2D eigenvalue weighted by atomic mass is 19.4. The Balaban J connectivity index is 1.57. The van der Waals surface area contributed by atoms with Gasteiger partial charge in [0.05, 0.1) is 18.3 Å². The molecular formula is C22H24F3N7O. The number of aliphatic hydroxyl groups excluding tert-OH is 1. The molecule has 0 radical (unpaired) electrons. The summed E-state index contributed by atoms with van der Waals surface area (Å²) in [6.07, 6.45) is -3.24. The molecule has 0 aliphatic heterocycles. The average molecular weight is 459 g/mol. The van der Waals surface area contributed by atoms with Crippen LogP contribution in [0.3, 0.4) is 0 Å². The van der Waals surface area contributed by atoms with Crippen molar-refractivity contribution in [1.29, 1.82) is 0 Å². The van der Waals surface area contributed by atoms with Crippen LogP contribution >= 0.6 is 0 Å². The van der Waals surface area contributed by atoms with Crippen LogP contribution < -0.4 is 10.6 Å². The number of halogens is 3. The van der Waals surface area contributed by atoms with Crippen LogP contribution in [0.5, 0.6) is 0 Å². The highest BCUT2D eigenvalue weighted by molar-refractivity contribution is 5.87. The van der Waals surface area contributed by atoms with Gasteiger partial charge in [-0.1, -0.05) is 19.1 Å². The second-order valence-corrected chi connectivity index (χ2v) is 7.75. The Morgan fingerprint density at radius 3 is 2.70 bits per heavy atom. The molecule has 0 saturated carbocycles. The molecule has 4 aromatic rings. The van der Waals surface area contributed by atoms with Crippen molar-refractivity contribution >= 4 is 22.5 Å². The minimum atomic E-state index is -4.41. The minimum Gasteiger partial charge on any atom is -0.374 e. The predicted octanol–water partition coefficient (Wildman–Crippen LogP) is 4.12. The molecule has 0 aliphatic rings. The fourth-order valence-corrected chi connectivity index (χ4v) is 3.75. The summed E-state index contributed by atoms with van der Waals surface area (Å²) in [6, 6.07) is 8.89. The van der Waals surface area contributed by atoms with Crippen LogP contribution in [0.2, 0.25) is 0 Å². The Morgan fingerprint density at radius 1 is 1.21 bits per heavy atom. The molecule has 0 saturated heterocycles. The number of alkyl halides is 3. The molecule has 1 atom stereocenters. The van der Waals surface area contributed by atoms with Gasteiger partial charge in [-0.2, -0.15) is 23.3 Å². The molecule has 4 rings (SSSR count). The van der Waals surface area contributed by atoms with Crippen molar-refractivity contribution in [3.05, 3.63) is 53.2 Å². The number of aliphatic hydroxyl groups is 1. The van der Waals surface area contributed by atoms with E-state index in [0.717, 1.165) is 28.6 Å². The van der Waals surface area contributed by atoms with Gasteiger partial charge in [-0.25, -0.2) is 4.68 Å². The Hall–Kier alpha value is -3.44. The van der Waals surface area contributed by atoms with Crippen molar-refractivity contribution in [3.63, 3.8) is 0 Å². The highest BCUT2D eigenvalue weighted by Crippen LogP contribution is 2.29. The molecule has 2 aromatic carbocycles. The van der Waals surface area contributed by atoms with Crippen LogP contribution in [0.1, 0.15) is 29.8 Å². The van der Waals surface area contributed by atoms with Crippen LogP contribution in [0.4, 0.5) is 24.8 Å². The molecule has 174 valence electrons. The topological polar surface area (TPSA) is 104 Å². The number of hydrogen-bond acceptors (Lipinski definition) is 6. The number of aromatic amines is 1. The number of aromatic nitrogens is 5. The van der Waals surface area contributed by atoms with Gasteiger partial charge < -0.3 is 10.4 Å². The highest BCUT2D eigenvalue weighted by Gasteiger charge is 2.28. The summed E-state index contributed by atoms with van der Waals surface area (Å²) in [5.74, 6) is 0.992. The monoisotopic (exact) mass is 459 g/mol. The molecule has 0 amide bonds. The first-order valence-electron chi connectivity index (χ1n) is 10.4. The molecule has 2 aromatic heterocycles. The van der Waals surface area contributed by atoms with E-state index in [1.54, 1.807) is 43.0 Å². The van der Waals surface area contributed by atoms with E-state index in [1.807, 2.05) is 12.1 Å². The van der Waals surface area contributed by atoms with Gasteiger partial charge in [-0.3, -0.25) is 10.4 Å². The number of H-pyrrole nitrogens is 1. The van der Waals surface area contributed by atoms with Gasteiger partial charge in [0.15, 0.2) is 5.82 Å². The van der Waals surface area contributed by atoms with E-state index in [-0.39, 0.29) is 0 Å². The maximum Gasteiger partial charge on any atom is 0.401 e. The van der Waals surface area contributed by atoms with Crippen molar-refractivity contribution in [2.24, 2.45) is 7.05 Å². The van der Waals surface area contributed by atoms with E-state index in [9.17, 15) is 18.3 Å². The molecule has 0 fully saturated rings. The lowest BCUT2D eigenvalue weighted by molar-refractivity contribution is -0.131. The van der Waals surface area contributed by atoms with Crippen molar-refractivity contribution in [1.82, 2.24) is 30.3 Å². The molecule has 4 N–H and O–H groups in total. The van der Waals surface area contributed by atoms with Crippen LogP contribution in [0, 0.1) is 6.92 Å². The van der Waals surface area contributed by atoms with Crippen molar-refractivity contribution in [2.45, 2.75) is 32.7 Å². The van der Waals surface area contributed by atoms with Crippen LogP contribution in [0.15, 0.2) is 36.5 Å². The summed E-state index contributed by atoms with van der Waals surface area (Å²) in [4.78, 5) is 4.59. The standard InChI is InChI=1S/C22H24F3N7O/c1-4-14-16-10-27-30-18(16)8-7-17(14)28-21-29-19(31-32(21)3)13-5-6-15(12(2)9-13)20(33)26-11-22(23,24)25/h5-10,20,26,33H,4,11H2,1-3H3,(H,27,30)(H,28,29,31). The third kappa shape index (κ3) is 4.83. The smallest absolute Gasteiger partial charge is 0.374 e. The molecule has 0 bridgehead atoms. The molecule has 8 nitrogen and oxygen atoms in total. The summed E-state index contributed by atoms with van der Waals surface area (Å²) in [5, 5.41) is 28.1. The van der Waals surface area contributed by atoms with Gasteiger partial charge in [0.1, 0.15) is 6.23 Å². The average Bonchev–Trinajstić information content (AvgIpc) is 3.38. The summed E-state index contributed by atoms with van der Waals surface area (Å²) >= 11 is 0. The molecule has 2 heterocycles. The van der Waals surface area contributed by atoms with Gasteiger partial charge in [-0.05, 0) is 48.2 Å². The third-order valence-corrected chi connectivity index (χ3v) is 5.42. The third-order valence-electron chi connectivity index (χ3n) is 5.42. The van der Waals surface area contributed by atoms with E-state index in [0.29, 0.717) is 28.5 Å². The fourth-order valence-electron chi connectivity index (χ4n) is 3.75. The lowest BCUT2D eigenvalue weighted by Crippen LogP contribution is -2.32. The minimum absolute atomic E-state index is 0.360. The molecular weight excluding hydrogens is 435 g/mol. The van der Waals surface area contributed by atoms with E-state index in [2.05, 4.69) is 37.8 Å². The molecule has 33 heavy (non-hydrogen) atoms. The predicted molar refractivity (Wildman–Crippen MR) is 119 cm³/mol. The van der Waals surface area contributed by atoms with Crippen molar-refractivity contribution in [3.8, 4) is 11.4 Å². The number of hydrogen-bond donors (Lipinski definition) is 4. The Labute approximate surface area is 187 Å². The van der Waals surface area contributed by atoms with E-state index in [4.69, 9.17) is 0 Å². The number of anilines is 2. The second kappa shape index (κ2) is 8.83. The van der Waals surface area contributed by atoms with Crippen LogP contribution in [-0.2, 0) is 13.5 Å². The molecule has 0 aliphatic carbocycles.